The summed E-state index contributed by atoms with van der Waals surface area (Å²) in [5.74, 6) is 0. The summed E-state index contributed by atoms with van der Waals surface area (Å²) >= 11 is 14.9. The Morgan fingerprint density at radius 1 is 0.500 bits per heavy atom. The van der Waals surface area contributed by atoms with E-state index < -0.39 is 0 Å². The predicted octanol–water partition coefficient (Wildman–Crippen LogP) is 6.76. The zero-order valence-corrected chi connectivity index (χ0v) is 18.3. The number of rotatable bonds is 4. The minimum Gasteiger partial charge on any atom is -0.243 e. The van der Waals surface area contributed by atoms with Crippen LogP contribution >= 0.6 is 45.9 Å². The topological polar surface area (TPSA) is 64.5 Å². The molecule has 0 fully saturated rings. The molecule has 0 saturated heterocycles. The van der Waals surface area contributed by atoms with Crippen LogP contribution in [0.15, 0.2) is 66.7 Å². The van der Waals surface area contributed by atoms with Gasteiger partial charge in [0.2, 0.25) is 0 Å². The zero-order valence-electron chi connectivity index (χ0n) is 15.2. The summed E-state index contributed by atoms with van der Waals surface area (Å²) in [7, 11) is 0. The molecule has 0 saturated carbocycles. The summed E-state index contributed by atoms with van der Waals surface area (Å²) in [5.41, 5.74) is 3.42. The number of halogens is 2. The molecular formula is C21H11Cl2N5S2. The molecule has 0 aliphatic carbocycles. The van der Waals surface area contributed by atoms with Crippen LogP contribution in [0.1, 0.15) is 0 Å². The molecule has 0 radical (unpaired) electrons. The lowest BCUT2D eigenvalue weighted by atomic mass is 10.2. The normalized spacial score (nSPS) is 11.0. The molecule has 0 aliphatic rings. The van der Waals surface area contributed by atoms with E-state index in [1.165, 1.54) is 22.7 Å². The largest absolute Gasteiger partial charge is 0.243 e. The van der Waals surface area contributed by atoms with Crippen molar-refractivity contribution in [1.29, 1.82) is 0 Å². The van der Waals surface area contributed by atoms with Crippen molar-refractivity contribution >= 4 is 45.9 Å². The van der Waals surface area contributed by atoms with E-state index in [4.69, 9.17) is 28.2 Å². The van der Waals surface area contributed by atoms with Gasteiger partial charge in [-0.05, 0) is 36.4 Å². The fraction of sp³-hybridized carbons (Fsp3) is 0. The van der Waals surface area contributed by atoms with Gasteiger partial charge in [-0.25, -0.2) is 4.98 Å². The van der Waals surface area contributed by atoms with Gasteiger partial charge in [-0.15, -0.1) is 20.4 Å². The lowest BCUT2D eigenvalue weighted by Crippen LogP contribution is -1.87. The van der Waals surface area contributed by atoms with Gasteiger partial charge >= 0.3 is 0 Å². The number of nitrogens with zero attached hydrogens (tertiary/aromatic N) is 5. The van der Waals surface area contributed by atoms with Crippen molar-refractivity contribution in [3.8, 4) is 42.5 Å². The number of benzene rings is 2. The van der Waals surface area contributed by atoms with Gasteiger partial charge in [0.25, 0.3) is 0 Å². The Morgan fingerprint density at radius 2 is 0.900 bits per heavy atom. The Labute approximate surface area is 190 Å². The molecule has 5 rings (SSSR count). The Bertz CT molecular complexity index is 1220. The fourth-order valence-electron chi connectivity index (χ4n) is 2.74. The van der Waals surface area contributed by atoms with E-state index in [-0.39, 0.29) is 0 Å². The molecule has 3 aromatic heterocycles. The third-order valence-corrected chi connectivity index (χ3v) is 6.71. The third-order valence-electron chi connectivity index (χ3n) is 4.22. The van der Waals surface area contributed by atoms with Crippen molar-refractivity contribution in [2.24, 2.45) is 0 Å². The number of hydrogen-bond acceptors (Lipinski definition) is 7. The van der Waals surface area contributed by atoms with Crippen LogP contribution < -0.4 is 0 Å². The van der Waals surface area contributed by atoms with E-state index in [1.54, 1.807) is 0 Å². The first-order chi connectivity index (χ1) is 14.7. The quantitative estimate of drug-likeness (QED) is 0.292. The van der Waals surface area contributed by atoms with Crippen molar-refractivity contribution in [3.05, 3.63) is 76.8 Å². The van der Waals surface area contributed by atoms with E-state index >= 15 is 0 Å². The van der Waals surface area contributed by atoms with E-state index in [9.17, 15) is 0 Å². The van der Waals surface area contributed by atoms with Crippen molar-refractivity contribution < 1.29 is 0 Å². The molecule has 30 heavy (non-hydrogen) atoms. The van der Waals surface area contributed by atoms with E-state index in [2.05, 4.69) is 20.4 Å². The lowest BCUT2D eigenvalue weighted by Gasteiger charge is -1.98. The van der Waals surface area contributed by atoms with Crippen LogP contribution in [0.3, 0.4) is 0 Å². The molecule has 0 aliphatic heterocycles. The van der Waals surface area contributed by atoms with Crippen LogP contribution in [0.5, 0.6) is 0 Å². The van der Waals surface area contributed by atoms with Gasteiger partial charge in [-0.2, -0.15) is 0 Å². The zero-order chi connectivity index (χ0) is 20.5. The second-order valence-electron chi connectivity index (χ2n) is 6.25. The standard InChI is InChI=1S/C21H11Cl2N5S2/c22-14-8-4-12(5-9-14)18-25-27-20(29-18)16-2-1-3-17(24-16)21-28-26-19(30-21)13-6-10-15(23)11-7-13/h1-11H. The summed E-state index contributed by atoms with van der Waals surface area (Å²) < 4.78 is 0. The van der Waals surface area contributed by atoms with E-state index in [0.717, 1.165) is 42.5 Å². The van der Waals surface area contributed by atoms with Gasteiger partial charge in [0.05, 0.1) is 0 Å². The molecule has 0 spiro atoms. The van der Waals surface area contributed by atoms with E-state index in [0.29, 0.717) is 10.0 Å². The molecule has 0 amide bonds. The van der Waals surface area contributed by atoms with Crippen LogP contribution in [0, 0.1) is 0 Å². The Kier molecular flexibility index (Phi) is 5.26. The highest BCUT2D eigenvalue weighted by atomic mass is 35.5. The number of aromatic nitrogens is 5. The van der Waals surface area contributed by atoms with Gasteiger partial charge < -0.3 is 0 Å². The minimum atomic E-state index is 0.688. The predicted molar refractivity (Wildman–Crippen MR) is 123 cm³/mol. The highest BCUT2D eigenvalue weighted by molar-refractivity contribution is 7.18. The van der Waals surface area contributed by atoms with Gasteiger partial charge in [0.15, 0.2) is 10.0 Å². The Balaban J connectivity index is 1.44. The van der Waals surface area contributed by atoms with Crippen LogP contribution in [0.25, 0.3) is 42.5 Å². The van der Waals surface area contributed by atoms with Crippen LogP contribution in [0.4, 0.5) is 0 Å². The summed E-state index contributed by atoms with van der Waals surface area (Å²) in [4.78, 5) is 4.73. The molecule has 146 valence electrons. The molecule has 0 bridgehead atoms. The second kappa shape index (κ2) is 8.20. The molecule has 2 aromatic carbocycles. The van der Waals surface area contributed by atoms with Crippen LogP contribution in [-0.4, -0.2) is 25.4 Å². The number of pyridine rings is 1. The van der Waals surface area contributed by atoms with Crippen molar-refractivity contribution in [1.82, 2.24) is 25.4 Å². The summed E-state index contributed by atoms with van der Waals surface area (Å²) in [5, 5.41) is 21.7. The van der Waals surface area contributed by atoms with Crippen molar-refractivity contribution in [2.45, 2.75) is 0 Å². The number of hydrogen-bond donors (Lipinski definition) is 0. The minimum absolute atomic E-state index is 0.688. The smallest absolute Gasteiger partial charge is 0.166 e. The SMILES string of the molecule is Clc1ccc(-c2nnc(-c3cccc(-c4nnc(-c5ccc(Cl)cc5)s4)n3)s2)cc1. The maximum atomic E-state index is 5.97. The lowest BCUT2D eigenvalue weighted by molar-refractivity contribution is 1.08. The van der Waals surface area contributed by atoms with Gasteiger partial charge in [-0.1, -0.05) is 76.2 Å². The average Bonchev–Trinajstić information content (AvgIpc) is 3.45. The Morgan fingerprint density at radius 3 is 1.33 bits per heavy atom. The average molecular weight is 468 g/mol. The van der Waals surface area contributed by atoms with Crippen LogP contribution in [0.2, 0.25) is 10.0 Å². The highest BCUT2D eigenvalue weighted by Crippen LogP contribution is 2.33. The molecule has 3 heterocycles. The summed E-state index contributed by atoms with van der Waals surface area (Å²) in [6, 6.07) is 20.8. The molecule has 0 unspecified atom stereocenters. The summed E-state index contributed by atoms with van der Waals surface area (Å²) in [6.07, 6.45) is 0. The van der Waals surface area contributed by atoms with Crippen molar-refractivity contribution in [3.63, 3.8) is 0 Å². The maximum Gasteiger partial charge on any atom is 0.166 e. The maximum absolute atomic E-state index is 5.97. The first-order valence-electron chi connectivity index (χ1n) is 8.82. The van der Waals surface area contributed by atoms with Gasteiger partial charge in [0.1, 0.15) is 21.4 Å². The Hall–Kier alpha value is -2.71. The molecular weight excluding hydrogens is 457 g/mol. The summed E-state index contributed by atoms with van der Waals surface area (Å²) in [6.45, 7) is 0. The highest BCUT2D eigenvalue weighted by Gasteiger charge is 2.14. The third kappa shape index (κ3) is 3.97. The fourth-order valence-corrected chi connectivity index (χ4v) is 4.63. The van der Waals surface area contributed by atoms with Crippen LogP contribution in [-0.2, 0) is 0 Å². The molecule has 5 nitrogen and oxygen atoms in total. The first kappa shape index (κ1) is 19.3. The molecule has 5 aromatic rings. The van der Waals surface area contributed by atoms with Gasteiger partial charge in [0, 0.05) is 21.2 Å². The molecule has 0 atom stereocenters. The molecule has 0 N–H and O–H groups in total. The van der Waals surface area contributed by atoms with Crippen molar-refractivity contribution in [2.75, 3.05) is 0 Å². The van der Waals surface area contributed by atoms with E-state index in [1.807, 2.05) is 66.7 Å². The first-order valence-corrected chi connectivity index (χ1v) is 11.2. The molecule has 9 heteroatoms. The van der Waals surface area contributed by atoms with Gasteiger partial charge in [-0.3, -0.25) is 0 Å². The second-order valence-corrected chi connectivity index (χ2v) is 9.07. The monoisotopic (exact) mass is 467 g/mol.